The third-order valence-corrected chi connectivity index (χ3v) is 9.30. The van der Waals surface area contributed by atoms with Gasteiger partial charge in [0.1, 0.15) is 5.69 Å². The number of amides is 3. The number of piperidine rings is 1. The first-order valence-corrected chi connectivity index (χ1v) is 13.4. The van der Waals surface area contributed by atoms with Crippen LogP contribution in [0.25, 0.3) is 21.3 Å². The molecule has 14 heteroatoms. The standard InChI is InChI=1S/C27H23F5N4O3S.ClH/c1-11-20(35-22(37)12-8-26(28,29)9-12)15(7-17(34-11)27(30,31)32)14-4-5-33-16-6-13(40-21(14)16)10-36-23(38)18-19(24(36)39)25(18,2)3;/h4-7,12,18-19H,8-10H2,1-3H3,(H,35,37);1H. The van der Waals surface area contributed by atoms with E-state index in [9.17, 15) is 36.3 Å². The predicted molar refractivity (Wildman–Crippen MR) is 142 cm³/mol. The first kappa shape index (κ1) is 29.3. The minimum Gasteiger partial charge on any atom is -0.324 e. The molecular weight excluding hydrogens is 591 g/mol. The van der Waals surface area contributed by atoms with Crippen LogP contribution in [0.15, 0.2) is 24.4 Å². The maximum Gasteiger partial charge on any atom is 0.433 e. The molecule has 1 aliphatic heterocycles. The molecule has 3 aliphatic rings. The molecule has 2 atom stereocenters. The summed E-state index contributed by atoms with van der Waals surface area (Å²) in [6, 6.07) is 3.98. The Balaban J connectivity index is 0.00000337. The second kappa shape index (κ2) is 9.41. The molecule has 6 rings (SSSR count). The van der Waals surface area contributed by atoms with Crippen molar-refractivity contribution in [2.24, 2.45) is 23.2 Å². The highest BCUT2D eigenvalue weighted by Crippen LogP contribution is 2.63. The van der Waals surface area contributed by atoms with E-state index in [4.69, 9.17) is 0 Å². The second-order valence-corrected chi connectivity index (χ2v) is 12.4. The molecule has 2 aliphatic carbocycles. The smallest absolute Gasteiger partial charge is 0.324 e. The zero-order valence-corrected chi connectivity index (χ0v) is 23.6. The Morgan fingerprint density at radius 3 is 2.34 bits per heavy atom. The Bertz CT molecular complexity index is 1590. The van der Waals surface area contributed by atoms with Crippen LogP contribution in [-0.2, 0) is 27.1 Å². The number of carbonyl (C=O) groups is 3. The largest absolute Gasteiger partial charge is 0.433 e. The number of likely N-dealkylation sites (tertiary alicyclic amines) is 1. The van der Waals surface area contributed by atoms with Crippen molar-refractivity contribution in [3.8, 4) is 11.1 Å². The van der Waals surface area contributed by atoms with E-state index < -0.39 is 42.5 Å². The molecule has 2 unspecified atom stereocenters. The minimum atomic E-state index is -4.78. The number of alkyl halides is 5. The molecule has 3 aromatic rings. The molecule has 3 aromatic heterocycles. The summed E-state index contributed by atoms with van der Waals surface area (Å²) in [4.78, 5) is 48.1. The summed E-state index contributed by atoms with van der Waals surface area (Å²) in [5.74, 6) is -5.80. The molecule has 0 radical (unpaired) electrons. The summed E-state index contributed by atoms with van der Waals surface area (Å²) in [7, 11) is 0. The van der Waals surface area contributed by atoms with Gasteiger partial charge in [0.25, 0.3) is 0 Å². The van der Waals surface area contributed by atoms with Crippen LogP contribution in [0.4, 0.5) is 27.6 Å². The quantitative estimate of drug-likeness (QED) is 0.272. The van der Waals surface area contributed by atoms with E-state index in [2.05, 4.69) is 15.3 Å². The van der Waals surface area contributed by atoms with E-state index in [0.717, 1.165) is 6.07 Å². The molecule has 1 N–H and O–H groups in total. The van der Waals surface area contributed by atoms with Gasteiger partial charge in [-0.15, -0.1) is 23.7 Å². The molecule has 2 saturated carbocycles. The lowest BCUT2D eigenvalue weighted by Crippen LogP contribution is -2.42. The topological polar surface area (TPSA) is 92.3 Å². The van der Waals surface area contributed by atoms with Crippen LogP contribution in [-0.4, -0.2) is 38.5 Å². The number of carbonyl (C=O) groups excluding carboxylic acids is 3. The lowest BCUT2D eigenvalue weighted by atomic mass is 9.80. The van der Waals surface area contributed by atoms with Gasteiger partial charge in [-0.05, 0) is 30.5 Å². The Kier molecular flexibility index (Phi) is 6.73. The second-order valence-electron chi connectivity index (χ2n) is 11.3. The monoisotopic (exact) mass is 614 g/mol. The summed E-state index contributed by atoms with van der Waals surface area (Å²) in [5, 5.41) is 2.54. The van der Waals surface area contributed by atoms with E-state index in [1.54, 1.807) is 6.07 Å². The fourth-order valence-electron chi connectivity index (χ4n) is 5.85. The van der Waals surface area contributed by atoms with E-state index in [1.165, 1.54) is 35.4 Å². The van der Waals surface area contributed by atoms with Crippen molar-refractivity contribution in [1.29, 1.82) is 0 Å². The number of halogens is 6. The molecular formula is C27H24ClF5N4O3S. The molecule has 0 bridgehead atoms. The number of aryl methyl sites for hydroxylation is 1. The van der Waals surface area contributed by atoms with Gasteiger partial charge in [0.05, 0.1) is 40.0 Å². The number of nitrogens with zero attached hydrogens (tertiary/aromatic N) is 3. The van der Waals surface area contributed by atoms with Crippen LogP contribution in [0.1, 0.15) is 43.0 Å². The average Bonchev–Trinajstić information content (AvgIpc) is 3.08. The highest BCUT2D eigenvalue weighted by Gasteiger charge is 2.72. The van der Waals surface area contributed by atoms with Crippen LogP contribution in [0.2, 0.25) is 0 Å². The number of hydrogen-bond donors (Lipinski definition) is 1. The number of pyridine rings is 2. The highest BCUT2D eigenvalue weighted by molar-refractivity contribution is 7.19. The summed E-state index contributed by atoms with van der Waals surface area (Å²) < 4.78 is 68.4. The Hall–Kier alpha value is -3.19. The summed E-state index contributed by atoms with van der Waals surface area (Å²) in [6.07, 6.45) is -4.65. The fourth-order valence-corrected chi connectivity index (χ4v) is 6.98. The van der Waals surface area contributed by atoms with Crippen LogP contribution in [0.3, 0.4) is 0 Å². The zero-order valence-electron chi connectivity index (χ0n) is 21.9. The van der Waals surface area contributed by atoms with Gasteiger partial charge in [0, 0.05) is 41.0 Å². The first-order valence-electron chi connectivity index (χ1n) is 12.6. The molecule has 0 spiro atoms. The molecule has 41 heavy (non-hydrogen) atoms. The highest BCUT2D eigenvalue weighted by atomic mass is 35.5. The van der Waals surface area contributed by atoms with Crippen LogP contribution < -0.4 is 5.32 Å². The van der Waals surface area contributed by atoms with Gasteiger partial charge in [-0.25, -0.2) is 13.8 Å². The number of hydrogen-bond acceptors (Lipinski definition) is 6. The number of thiophene rings is 1. The number of imide groups is 1. The molecule has 1 saturated heterocycles. The van der Waals surface area contributed by atoms with Crippen molar-refractivity contribution in [3.05, 3.63) is 40.7 Å². The lowest BCUT2D eigenvalue weighted by Gasteiger charge is -2.34. The van der Waals surface area contributed by atoms with Crippen LogP contribution in [0, 0.1) is 30.1 Å². The lowest BCUT2D eigenvalue weighted by molar-refractivity contribution is -0.145. The minimum absolute atomic E-state index is 0. The normalized spacial score (nSPS) is 22.8. The van der Waals surface area contributed by atoms with E-state index in [-0.39, 0.29) is 65.0 Å². The Morgan fingerprint density at radius 1 is 1.12 bits per heavy atom. The zero-order chi connectivity index (χ0) is 28.9. The van der Waals surface area contributed by atoms with E-state index in [1.807, 2.05) is 13.8 Å². The SMILES string of the molecule is Cc1nc(C(F)(F)F)cc(-c2ccnc3cc(CN4C(=O)C5C(C4=O)C5(C)C)sc23)c1NC(=O)C1CC(F)(F)C1.Cl. The van der Waals surface area contributed by atoms with Gasteiger partial charge in [0.15, 0.2) is 0 Å². The Morgan fingerprint density at radius 2 is 1.76 bits per heavy atom. The van der Waals surface area contributed by atoms with Crippen molar-refractivity contribution in [2.75, 3.05) is 5.32 Å². The average molecular weight is 615 g/mol. The number of anilines is 1. The predicted octanol–water partition coefficient (Wildman–Crippen LogP) is 6.23. The maximum atomic E-state index is 13.7. The third kappa shape index (κ3) is 4.76. The van der Waals surface area contributed by atoms with Crippen LogP contribution >= 0.6 is 23.7 Å². The maximum absolute atomic E-state index is 13.7. The van der Waals surface area contributed by atoms with Crippen molar-refractivity contribution in [3.63, 3.8) is 0 Å². The molecule has 3 amide bonds. The number of fused-ring (bicyclic) bond motifs is 2. The summed E-state index contributed by atoms with van der Waals surface area (Å²) in [5.41, 5.74) is -0.911. The van der Waals surface area contributed by atoms with Gasteiger partial charge >= 0.3 is 6.18 Å². The number of aromatic nitrogens is 2. The number of rotatable bonds is 5. The molecule has 7 nitrogen and oxygen atoms in total. The van der Waals surface area contributed by atoms with Gasteiger partial charge in [-0.3, -0.25) is 24.3 Å². The third-order valence-electron chi connectivity index (χ3n) is 8.16. The van der Waals surface area contributed by atoms with Crippen molar-refractivity contribution < 1.29 is 36.3 Å². The summed E-state index contributed by atoms with van der Waals surface area (Å²) >= 11 is 1.17. The van der Waals surface area contributed by atoms with Gasteiger partial charge in [-0.2, -0.15) is 13.2 Å². The molecule has 4 heterocycles. The van der Waals surface area contributed by atoms with E-state index in [0.29, 0.717) is 20.7 Å². The van der Waals surface area contributed by atoms with E-state index >= 15 is 0 Å². The van der Waals surface area contributed by atoms with Crippen LogP contribution in [0.5, 0.6) is 0 Å². The van der Waals surface area contributed by atoms with Crippen molar-refractivity contribution >= 4 is 57.4 Å². The Labute approximate surface area is 240 Å². The van der Waals surface area contributed by atoms with Crippen molar-refractivity contribution in [1.82, 2.24) is 14.9 Å². The first-order chi connectivity index (χ1) is 18.6. The van der Waals surface area contributed by atoms with Gasteiger partial charge in [-0.1, -0.05) is 13.8 Å². The summed E-state index contributed by atoms with van der Waals surface area (Å²) in [6.45, 7) is 5.08. The molecule has 3 fully saturated rings. The van der Waals surface area contributed by atoms with Gasteiger partial charge < -0.3 is 5.32 Å². The van der Waals surface area contributed by atoms with Crippen molar-refractivity contribution in [2.45, 2.75) is 52.3 Å². The van der Waals surface area contributed by atoms with Gasteiger partial charge in [0.2, 0.25) is 23.6 Å². The molecule has 0 aromatic carbocycles. The number of nitrogens with one attached hydrogen (secondary N) is 1. The fraction of sp³-hybridized carbons (Fsp3) is 0.444. The molecule has 218 valence electrons.